The lowest BCUT2D eigenvalue weighted by Gasteiger charge is -2.11. The highest BCUT2D eigenvalue weighted by Crippen LogP contribution is 2.34. The second-order valence-electron chi connectivity index (χ2n) is 4.31. The second kappa shape index (κ2) is 5.93. The number of benzene rings is 1. The molecule has 0 spiro atoms. The van der Waals surface area contributed by atoms with Gasteiger partial charge in [-0.3, -0.25) is 0 Å². The fourth-order valence-corrected chi connectivity index (χ4v) is 3.64. The summed E-state index contributed by atoms with van der Waals surface area (Å²) in [6, 6.07) is 8.04. The number of nitrogens with zero attached hydrogens (tertiary/aromatic N) is 2. The van der Waals surface area contributed by atoms with Crippen molar-refractivity contribution in [3.63, 3.8) is 0 Å². The first-order valence-corrected chi connectivity index (χ1v) is 7.99. The third-order valence-corrected chi connectivity index (χ3v) is 4.57. The molecule has 0 bridgehead atoms. The van der Waals surface area contributed by atoms with E-state index in [2.05, 4.69) is 5.10 Å². The van der Waals surface area contributed by atoms with Gasteiger partial charge < -0.3 is 9.90 Å². The number of hydrogen-bond acceptors (Lipinski definition) is 4. The molecule has 4 nitrogen and oxygen atoms in total. The molecule has 3 rings (SSSR count). The molecular formula is C14H6Cl3N2O2S-. The molecule has 1 aromatic carbocycles. The maximum Gasteiger partial charge on any atom is 0.103 e. The maximum absolute atomic E-state index is 11.4. The van der Waals surface area contributed by atoms with Gasteiger partial charge in [0.05, 0.1) is 26.6 Å². The fraction of sp³-hybridized carbons (Fsp3) is 0. The van der Waals surface area contributed by atoms with Crippen LogP contribution in [0.15, 0.2) is 35.7 Å². The van der Waals surface area contributed by atoms with E-state index in [1.54, 1.807) is 0 Å². The predicted molar refractivity (Wildman–Crippen MR) is 86.2 cm³/mol. The van der Waals surface area contributed by atoms with Gasteiger partial charge in [-0.15, -0.1) is 11.3 Å². The lowest BCUT2D eigenvalue weighted by molar-refractivity contribution is -0.255. The summed E-state index contributed by atoms with van der Waals surface area (Å²) in [5, 5.41) is 18.3. The Morgan fingerprint density at radius 1 is 1.18 bits per heavy atom. The van der Waals surface area contributed by atoms with Crippen LogP contribution in [0.25, 0.3) is 16.3 Å². The molecule has 0 atom stereocenters. The van der Waals surface area contributed by atoms with Gasteiger partial charge >= 0.3 is 0 Å². The van der Waals surface area contributed by atoms with Gasteiger partial charge in [0.15, 0.2) is 0 Å². The number of thiophene rings is 1. The Hall–Kier alpha value is -1.53. The van der Waals surface area contributed by atoms with E-state index in [-0.39, 0.29) is 21.4 Å². The minimum absolute atomic E-state index is 0.144. The molecule has 0 aliphatic heterocycles. The Balaban J connectivity index is 2.25. The first kappa shape index (κ1) is 15.4. The number of halogens is 3. The normalized spacial score (nSPS) is 10.9. The number of carboxylic acids is 1. The van der Waals surface area contributed by atoms with Crippen molar-refractivity contribution in [3.8, 4) is 16.3 Å². The first-order chi connectivity index (χ1) is 10.5. The molecule has 8 heteroatoms. The third-order valence-electron chi connectivity index (χ3n) is 2.89. The lowest BCUT2D eigenvalue weighted by Crippen LogP contribution is -2.25. The standard InChI is InChI=1S/C14H7Cl3N2O2S/c15-7-4-8(16)13(9(17)5-7)19-11(14(20)21)6-10(18-19)12-2-1-3-22-12/h1-6H,(H,20,21)/p-1. The van der Waals surface area contributed by atoms with Crippen molar-refractivity contribution in [3.05, 3.63) is 56.5 Å². The van der Waals surface area contributed by atoms with Gasteiger partial charge in [0.1, 0.15) is 11.4 Å². The highest BCUT2D eigenvalue weighted by atomic mass is 35.5. The summed E-state index contributed by atoms with van der Waals surface area (Å²) in [5.41, 5.74) is 0.598. The molecule has 112 valence electrons. The van der Waals surface area contributed by atoms with Crippen LogP contribution < -0.4 is 5.11 Å². The highest BCUT2D eigenvalue weighted by Gasteiger charge is 2.18. The maximum atomic E-state index is 11.4. The first-order valence-electron chi connectivity index (χ1n) is 5.97. The summed E-state index contributed by atoms with van der Waals surface area (Å²) < 4.78 is 1.16. The average Bonchev–Trinajstić information content (AvgIpc) is 3.05. The van der Waals surface area contributed by atoms with Crippen molar-refractivity contribution < 1.29 is 9.90 Å². The molecule has 0 radical (unpaired) electrons. The molecule has 0 N–H and O–H groups in total. The van der Waals surface area contributed by atoms with E-state index in [0.29, 0.717) is 10.7 Å². The minimum atomic E-state index is -1.38. The van der Waals surface area contributed by atoms with E-state index in [9.17, 15) is 9.90 Å². The summed E-state index contributed by atoms with van der Waals surface area (Å²) in [4.78, 5) is 12.2. The summed E-state index contributed by atoms with van der Waals surface area (Å²) in [6.07, 6.45) is 0. The van der Waals surface area contributed by atoms with E-state index >= 15 is 0 Å². The zero-order valence-corrected chi connectivity index (χ0v) is 13.8. The number of rotatable bonds is 3. The van der Waals surface area contributed by atoms with Crippen LogP contribution in [0.4, 0.5) is 0 Å². The molecular weight excluding hydrogens is 367 g/mol. The molecule has 0 saturated heterocycles. The number of aromatic carboxylic acids is 1. The van der Waals surface area contributed by atoms with Crippen molar-refractivity contribution in [2.45, 2.75) is 0 Å². The molecule has 2 heterocycles. The molecule has 0 saturated carbocycles. The molecule has 0 unspecified atom stereocenters. The number of hydrogen-bond donors (Lipinski definition) is 0. The lowest BCUT2D eigenvalue weighted by atomic mass is 10.3. The van der Waals surface area contributed by atoms with Crippen molar-refractivity contribution >= 4 is 52.1 Å². The highest BCUT2D eigenvalue weighted by molar-refractivity contribution is 7.13. The van der Waals surface area contributed by atoms with Gasteiger partial charge in [0.2, 0.25) is 0 Å². The fourth-order valence-electron chi connectivity index (χ4n) is 1.98. The minimum Gasteiger partial charge on any atom is -0.543 e. The Morgan fingerprint density at radius 3 is 2.41 bits per heavy atom. The summed E-state index contributed by atoms with van der Waals surface area (Å²) in [6.45, 7) is 0. The van der Waals surface area contributed by atoms with E-state index in [4.69, 9.17) is 34.8 Å². The Morgan fingerprint density at radius 2 is 1.86 bits per heavy atom. The summed E-state index contributed by atoms with van der Waals surface area (Å²) in [5.74, 6) is -1.38. The van der Waals surface area contributed by atoms with Crippen LogP contribution in [0.2, 0.25) is 15.1 Å². The Kier molecular flexibility index (Phi) is 4.14. The number of aromatic nitrogens is 2. The van der Waals surface area contributed by atoms with E-state index in [1.165, 1.54) is 29.5 Å². The van der Waals surface area contributed by atoms with Crippen LogP contribution in [0.1, 0.15) is 10.5 Å². The van der Waals surface area contributed by atoms with Gasteiger partial charge in [-0.1, -0.05) is 40.9 Å². The zero-order valence-electron chi connectivity index (χ0n) is 10.7. The SMILES string of the molecule is O=C([O-])c1cc(-c2cccs2)nn1-c1c(Cl)cc(Cl)cc1Cl. The van der Waals surface area contributed by atoms with E-state index in [0.717, 1.165) is 9.56 Å². The average molecular weight is 373 g/mol. The van der Waals surface area contributed by atoms with Crippen LogP contribution in [0.5, 0.6) is 0 Å². The predicted octanol–water partition coefficient (Wildman–Crippen LogP) is 3.92. The molecule has 3 aromatic rings. The van der Waals surface area contributed by atoms with Crippen molar-refractivity contribution in [2.24, 2.45) is 0 Å². The monoisotopic (exact) mass is 371 g/mol. The van der Waals surface area contributed by atoms with Gasteiger partial charge in [-0.2, -0.15) is 5.10 Å². The number of carbonyl (C=O) groups is 1. The molecule has 0 amide bonds. The van der Waals surface area contributed by atoms with E-state index in [1.807, 2.05) is 17.5 Å². The van der Waals surface area contributed by atoms with Crippen LogP contribution in [-0.4, -0.2) is 15.7 Å². The molecule has 2 aromatic heterocycles. The molecule has 0 fully saturated rings. The third kappa shape index (κ3) is 2.73. The zero-order chi connectivity index (χ0) is 15.9. The second-order valence-corrected chi connectivity index (χ2v) is 6.51. The number of carbonyl (C=O) groups excluding carboxylic acids is 1. The van der Waals surface area contributed by atoms with Gasteiger partial charge in [0, 0.05) is 5.02 Å². The van der Waals surface area contributed by atoms with Gasteiger partial charge in [-0.25, -0.2) is 4.68 Å². The van der Waals surface area contributed by atoms with Crippen LogP contribution in [-0.2, 0) is 0 Å². The Labute approximate surface area is 144 Å². The largest absolute Gasteiger partial charge is 0.543 e. The summed E-state index contributed by atoms with van der Waals surface area (Å²) in [7, 11) is 0. The quantitative estimate of drug-likeness (QED) is 0.700. The van der Waals surface area contributed by atoms with Gasteiger partial charge in [0.25, 0.3) is 0 Å². The van der Waals surface area contributed by atoms with Crippen molar-refractivity contribution in [1.29, 1.82) is 0 Å². The van der Waals surface area contributed by atoms with Crippen LogP contribution in [0.3, 0.4) is 0 Å². The molecule has 0 aliphatic rings. The van der Waals surface area contributed by atoms with Crippen molar-refractivity contribution in [2.75, 3.05) is 0 Å². The van der Waals surface area contributed by atoms with E-state index < -0.39 is 5.97 Å². The topological polar surface area (TPSA) is 57.9 Å². The molecule has 22 heavy (non-hydrogen) atoms. The Bertz CT molecular complexity index is 836. The van der Waals surface area contributed by atoms with Gasteiger partial charge in [-0.05, 0) is 29.6 Å². The van der Waals surface area contributed by atoms with Crippen LogP contribution >= 0.6 is 46.1 Å². The molecule has 0 aliphatic carbocycles. The van der Waals surface area contributed by atoms with Crippen molar-refractivity contribution in [1.82, 2.24) is 9.78 Å². The smallest absolute Gasteiger partial charge is 0.103 e. The summed E-state index contributed by atoms with van der Waals surface area (Å²) >= 11 is 19.6. The number of carboxylic acid groups (broad SMARTS) is 1. The van der Waals surface area contributed by atoms with Crippen LogP contribution in [0, 0.1) is 0 Å².